The molecule has 3 amide bonds. The van der Waals surface area contributed by atoms with Gasteiger partial charge in [-0.3, -0.25) is 4.79 Å². The Balaban J connectivity index is 1.36. The third-order valence-electron chi connectivity index (χ3n) is 6.52. The molecule has 0 unspecified atom stereocenters. The molecule has 1 aliphatic heterocycles. The SMILES string of the molecule is C=C(C)c1cccc(C(C)(C)NC(=O)Nc2ccc3c(c2)N(CCCCOc2ccc(Cl)cc2)C(=O)CO3)c1. The zero-order valence-corrected chi connectivity index (χ0v) is 23.3. The number of nitrogens with zero attached hydrogens (tertiary/aromatic N) is 1. The standard InChI is InChI=1S/C31H34ClN3O4/c1-21(2)22-8-7-9-23(18-22)31(3,4)34-30(37)33-25-12-15-28-27(19-25)35(29(36)20-39-28)16-5-6-17-38-26-13-10-24(32)11-14-26/h7-15,18-19H,1,5-6,16-17,20H2,2-4H3,(H2,33,34,37). The van der Waals surface area contributed by atoms with Crippen LogP contribution < -0.4 is 25.0 Å². The van der Waals surface area contributed by atoms with Crippen LogP contribution in [0.25, 0.3) is 5.57 Å². The molecular weight excluding hydrogens is 514 g/mol. The van der Waals surface area contributed by atoms with E-state index in [1.807, 2.05) is 57.2 Å². The summed E-state index contributed by atoms with van der Waals surface area (Å²) in [6.45, 7) is 10.9. The second kappa shape index (κ2) is 12.3. The molecule has 204 valence electrons. The fraction of sp³-hybridized carbons (Fsp3) is 0.290. The Kier molecular flexibility index (Phi) is 8.82. The minimum atomic E-state index is -0.622. The average Bonchev–Trinajstić information content (AvgIpc) is 2.90. The number of fused-ring (bicyclic) bond motifs is 1. The van der Waals surface area contributed by atoms with Gasteiger partial charge in [0.1, 0.15) is 11.5 Å². The molecule has 1 heterocycles. The molecule has 0 saturated heterocycles. The lowest BCUT2D eigenvalue weighted by Crippen LogP contribution is -2.43. The van der Waals surface area contributed by atoms with Crippen molar-refractivity contribution < 1.29 is 19.1 Å². The fourth-order valence-electron chi connectivity index (χ4n) is 4.31. The molecule has 2 N–H and O–H groups in total. The van der Waals surface area contributed by atoms with E-state index in [1.165, 1.54) is 0 Å². The Morgan fingerprint density at radius 1 is 1.10 bits per heavy atom. The van der Waals surface area contributed by atoms with Crippen LogP contribution in [0, 0.1) is 0 Å². The number of hydrogen-bond acceptors (Lipinski definition) is 4. The van der Waals surface area contributed by atoms with Gasteiger partial charge in [0.05, 0.1) is 17.8 Å². The molecule has 0 aliphatic carbocycles. The zero-order chi connectivity index (χ0) is 28.0. The van der Waals surface area contributed by atoms with Crippen LogP contribution >= 0.6 is 11.6 Å². The molecule has 3 aromatic rings. The number of urea groups is 1. The maximum Gasteiger partial charge on any atom is 0.319 e. The number of halogens is 1. The number of allylic oxidation sites excluding steroid dienone is 1. The summed E-state index contributed by atoms with van der Waals surface area (Å²) in [4.78, 5) is 27.3. The highest BCUT2D eigenvalue weighted by atomic mass is 35.5. The number of nitrogens with one attached hydrogen (secondary N) is 2. The summed E-state index contributed by atoms with van der Waals surface area (Å²) in [5, 5.41) is 6.60. The maximum absolute atomic E-state index is 12.9. The van der Waals surface area contributed by atoms with Crippen molar-refractivity contribution in [2.45, 2.75) is 39.2 Å². The summed E-state index contributed by atoms with van der Waals surface area (Å²) < 4.78 is 11.4. The van der Waals surface area contributed by atoms with E-state index in [9.17, 15) is 9.59 Å². The van der Waals surface area contributed by atoms with Crippen molar-refractivity contribution >= 4 is 40.5 Å². The molecule has 0 atom stereocenters. The van der Waals surface area contributed by atoms with Gasteiger partial charge in [-0.05, 0) is 93.3 Å². The van der Waals surface area contributed by atoms with Gasteiger partial charge in [-0.1, -0.05) is 42.0 Å². The predicted molar refractivity (Wildman–Crippen MR) is 157 cm³/mol. The number of ether oxygens (including phenoxy) is 2. The number of carbonyl (C=O) groups excluding carboxylic acids is 2. The Morgan fingerprint density at radius 3 is 2.62 bits per heavy atom. The van der Waals surface area contributed by atoms with Crippen LogP contribution in [0.5, 0.6) is 11.5 Å². The second-order valence-electron chi connectivity index (χ2n) is 10.1. The van der Waals surface area contributed by atoms with Gasteiger partial charge in [0, 0.05) is 17.3 Å². The summed E-state index contributed by atoms with van der Waals surface area (Å²) in [5.41, 5.74) is 3.53. The molecule has 0 bridgehead atoms. The monoisotopic (exact) mass is 547 g/mol. The van der Waals surface area contributed by atoms with Crippen molar-refractivity contribution in [3.8, 4) is 11.5 Å². The smallest absolute Gasteiger partial charge is 0.319 e. The Hall–Kier alpha value is -3.97. The van der Waals surface area contributed by atoms with Gasteiger partial charge in [0.15, 0.2) is 6.61 Å². The largest absolute Gasteiger partial charge is 0.494 e. The predicted octanol–water partition coefficient (Wildman–Crippen LogP) is 7.01. The quantitative estimate of drug-likeness (QED) is 0.267. The third-order valence-corrected chi connectivity index (χ3v) is 6.77. The van der Waals surface area contributed by atoms with Gasteiger partial charge >= 0.3 is 6.03 Å². The van der Waals surface area contributed by atoms with E-state index in [2.05, 4.69) is 17.2 Å². The first-order valence-electron chi connectivity index (χ1n) is 12.9. The van der Waals surface area contributed by atoms with E-state index in [-0.39, 0.29) is 18.5 Å². The molecule has 8 heteroatoms. The Bertz CT molecular complexity index is 1350. The normalized spacial score (nSPS) is 12.8. The number of unbranched alkanes of at least 4 members (excludes halogenated alkanes) is 1. The summed E-state index contributed by atoms with van der Waals surface area (Å²) in [7, 11) is 0. The highest BCUT2D eigenvalue weighted by Crippen LogP contribution is 2.35. The van der Waals surface area contributed by atoms with Crippen LogP contribution in [0.3, 0.4) is 0 Å². The number of anilines is 2. The van der Waals surface area contributed by atoms with Gasteiger partial charge in [-0.2, -0.15) is 0 Å². The van der Waals surface area contributed by atoms with E-state index in [0.717, 1.165) is 35.3 Å². The lowest BCUT2D eigenvalue weighted by atomic mass is 9.92. The Morgan fingerprint density at radius 2 is 1.87 bits per heavy atom. The highest BCUT2D eigenvalue weighted by Gasteiger charge is 2.27. The van der Waals surface area contributed by atoms with Crippen LogP contribution in [-0.2, 0) is 10.3 Å². The molecule has 0 radical (unpaired) electrons. The molecular formula is C31H34ClN3O4. The van der Waals surface area contributed by atoms with Crippen molar-refractivity contribution in [3.63, 3.8) is 0 Å². The Labute approximate surface area is 234 Å². The van der Waals surface area contributed by atoms with Crippen LogP contribution in [0.2, 0.25) is 5.02 Å². The van der Waals surface area contributed by atoms with Crippen LogP contribution in [0.1, 0.15) is 44.7 Å². The van der Waals surface area contributed by atoms with Gasteiger partial charge in [-0.25, -0.2) is 4.79 Å². The van der Waals surface area contributed by atoms with E-state index < -0.39 is 5.54 Å². The van der Waals surface area contributed by atoms with Crippen molar-refractivity contribution in [1.29, 1.82) is 0 Å². The molecule has 0 saturated carbocycles. The lowest BCUT2D eigenvalue weighted by Gasteiger charge is -2.30. The summed E-state index contributed by atoms with van der Waals surface area (Å²) in [6, 6.07) is 20.1. The van der Waals surface area contributed by atoms with Crippen molar-refractivity contribution in [1.82, 2.24) is 5.32 Å². The molecule has 4 rings (SSSR count). The first-order chi connectivity index (χ1) is 18.6. The lowest BCUT2D eigenvalue weighted by molar-refractivity contribution is -0.121. The number of rotatable bonds is 10. The maximum atomic E-state index is 12.9. The number of carbonyl (C=O) groups is 2. The first-order valence-corrected chi connectivity index (χ1v) is 13.3. The molecule has 1 aliphatic rings. The fourth-order valence-corrected chi connectivity index (χ4v) is 4.44. The topological polar surface area (TPSA) is 79.9 Å². The number of benzene rings is 3. The molecule has 0 spiro atoms. The highest BCUT2D eigenvalue weighted by molar-refractivity contribution is 6.30. The van der Waals surface area contributed by atoms with Gasteiger partial charge < -0.3 is 25.0 Å². The van der Waals surface area contributed by atoms with Gasteiger partial charge in [0.2, 0.25) is 0 Å². The number of amides is 3. The molecule has 7 nitrogen and oxygen atoms in total. The van der Waals surface area contributed by atoms with Crippen molar-refractivity contribution in [2.75, 3.05) is 30.0 Å². The van der Waals surface area contributed by atoms with E-state index in [0.29, 0.717) is 35.3 Å². The van der Waals surface area contributed by atoms with Crippen molar-refractivity contribution in [3.05, 3.63) is 89.5 Å². The second-order valence-corrected chi connectivity index (χ2v) is 10.5. The van der Waals surface area contributed by atoms with Crippen molar-refractivity contribution in [2.24, 2.45) is 0 Å². The van der Waals surface area contributed by atoms with Gasteiger partial charge in [-0.15, -0.1) is 0 Å². The van der Waals surface area contributed by atoms with Gasteiger partial charge in [0.25, 0.3) is 5.91 Å². The number of hydrogen-bond donors (Lipinski definition) is 2. The molecule has 3 aromatic carbocycles. The average molecular weight is 548 g/mol. The molecule has 39 heavy (non-hydrogen) atoms. The summed E-state index contributed by atoms with van der Waals surface area (Å²) in [5.74, 6) is 1.24. The third kappa shape index (κ3) is 7.33. The summed E-state index contributed by atoms with van der Waals surface area (Å²) in [6.07, 6.45) is 1.51. The zero-order valence-electron chi connectivity index (χ0n) is 22.6. The van der Waals surface area contributed by atoms with E-state index in [4.69, 9.17) is 21.1 Å². The van der Waals surface area contributed by atoms with E-state index >= 15 is 0 Å². The molecule has 0 fully saturated rings. The summed E-state index contributed by atoms with van der Waals surface area (Å²) >= 11 is 5.91. The van der Waals surface area contributed by atoms with Crippen LogP contribution in [0.15, 0.2) is 73.3 Å². The molecule has 0 aromatic heterocycles. The minimum absolute atomic E-state index is 0.0149. The van der Waals surface area contributed by atoms with Crippen LogP contribution in [0.4, 0.5) is 16.2 Å². The minimum Gasteiger partial charge on any atom is -0.494 e. The van der Waals surface area contributed by atoms with E-state index in [1.54, 1.807) is 35.2 Å². The van der Waals surface area contributed by atoms with Crippen LogP contribution in [-0.4, -0.2) is 31.7 Å². The first kappa shape index (κ1) is 28.0.